The van der Waals surface area contributed by atoms with E-state index in [1.807, 2.05) is 36.4 Å². The predicted molar refractivity (Wildman–Crippen MR) is 177 cm³/mol. The second-order valence-electron chi connectivity index (χ2n) is 10.8. The third-order valence-corrected chi connectivity index (χ3v) is 8.22. The summed E-state index contributed by atoms with van der Waals surface area (Å²) in [5, 5.41) is 13.9. The quantitative estimate of drug-likeness (QED) is 0.220. The summed E-state index contributed by atoms with van der Waals surface area (Å²) < 4.78 is 2.26. The van der Waals surface area contributed by atoms with Crippen LogP contribution >= 0.6 is 0 Å². The van der Waals surface area contributed by atoms with E-state index < -0.39 is 0 Å². The number of fused-ring (bicyclic) bond motifs is 3. The Morgan fingerprint density at radius 3 is 1.88 bits per heavy atom. The molecule has 0 unspecified atom stereocenters. The van der Waals surface area contributed by atoms with Crippen molar-refractivity contribution in [2.45, 2.75) is 0 Å². The maximum atomic E-state index is 9.13. The monoisotopic (exact) mass is 547 g/mol. The minimum absolute atomic E-state index is 0.671. The van der Waals surface area contributed by atoms with Crippen LogP contribution in [0.25, 0.3) is 71.9 Å². The summed E-state index contributed by atoms with van der Waals surface area (Å²) in [4.78, 5) is 5.14. The van der Waals surface area contributed by atoms with Crippen molar-refractivity contribution in [2.75, 3.05) is 0 Å². The second-order valence-corrected chi connectivity index (χ2v) is 10.8. The van der Waals surface area contributed by atoms with E-state index in [9.17, 15) is 0 Å². The molecular weight excluding hydrogens is 522 g/mol. The van der Waals surface area contributed by atoms with Crippen molar-refractivity contribution in [2.24, 2.45) is 0 Å². The normalized spacial score (nSPS) is 11.2. The molecule has 3 heteroatoms. The van der Waals surface area contributed by atoms with Crippen LogP contribution in [-0.4, -0.2) is 9.55 Å². The van der Waals surface area contributed by atoms with Gasteiger partial charge in [0.15, 0.2) is 0 Å². The largest absolute Gasteiger partial charge is 0.292 e. The van der Waals surface area contributed by atoms with Gasteiger partial charge in [-0.1, -0.05) is 97.1 Å². The maximum Gasteiger partial charge on any atom is 0.146 e. The summed E-state index contributed by atoms with van der Waals surface area (Å²) in [5.41, 5.74) is 9.52. The first-order valence-electron chi connectivity index (χ1n) is 14.4. The van der Waals surface area contributed by atoms with Gasteiger partial charge in [-0.15, -0.1) is 0 Å². The molecule has 8 rings (SSSR count). The summed E-state index contributed by atoms with van der Waals surface area (Å²) in [6.45, 7) is 0. The number of para-hydroxylation sites is 3. The van der Waals surface area contributed by atoms with E-state index in [2.05, 4.69) is 126 Å². The van der Waals surface area contributed by atoms with E-state index in [1.54, 1.807) is 0 Å². The second kappa shape index (κ2) is 10.1. The van der Waals surface area contributed by atoms with Gasteiger partial charge in [0.25, 0.3) is 0 Å². The van der Waals surface area contributed by atoms with Crippen LogP contribution < -0.4 is 0 Å². The predicted octanol–water partition coefficient (Wildman–Crippen LogP) is 10.2. The molecule has 0 atom stereocenters. The average molecular weight is 548 g/mol. The molecule has 3 nitrogen and oxygen atoms in total. The highest BCUT2D eigenvalue weighted by Gasteiger charge is 2.16. The Labute approximate surface area is 249 Å². The lowest BCUT2D eigenvalue weighted by atomic mass is 9.95. The van der Waals surface area contributed by atoms with E-state index in [4.69, 9.17) is 10.2 Å². The molecule has 1 aromatic heterocycles. The molecule has 0 saturated carbocycles. The number of benzene rings is 7. The van der Waals surface area contributed by atoms with Crippen LogP contribution in [0.3, 0.4) is 0 Å². The minimum Gasteiger partial charge on any atom is -0.292 e. The maximum absolute atomic E-state index is 9.13. The number of hydrogen-bond acceptors (Lipinski definition) is 2. The molecule has 0 amide bonds. The standard InChI is InChI=1S/C40H25N3/c41-26-27-13-15-28(16-14-27)30-19-20-32-24-33(22-21-31(32)23-30)34-18-17-29-7-6-10-36(37(29)25-34)40-42-38-11-4-5-12-39(38)43(40)35-8-2-1-3-9-35/h1-25H. The van der Waals surface area contributed by atoms with Crippen LogP contribution in [0.2, 0.25) is 0 Å². The van der Waals surface area contributed by atoms with E-state index in [0.29, 0.717) is 5.56 Å². The lowest BCUT2D eigenvalue weighted by Gasteiger charge is -2.13. The van der Waals surface area contributed by atoms with Crippen molar-refractivity contribution < 1.29 is 0 Å². The Morgan fingerprint density at radius 2 is 1.14 bits per heavy atom. The van der Waals surface area contributed by atoms with Crippen molar-refractivity contribution in [3.63, 3.8) is 0 Å². The van der Waals surface area contributed by atoms with Crippen LogP contribution in [0, 0.1) is 11.3 Å². The fourth-order valence-electron chi connectivity index (χ4n) is 6.03. The van der Waals surface area contributed by atoms with Crippen LogP contribution in [-0.2, 0) is 0 Å². The number of aromatic nitrogens is 2. The minimum atomic E-state index is 0.671. The number of imidazole rings is 1. The smallest absolute Gasteiger partial charge is 0.146 e. The van der Waals surface area contributed by atoms with Gasteiger partial charge in [0, 0.05) is 11.3 Å². The molecule has 0 saturated heterocycles. The summed E-state index contributed by atoms with van der Waals surface area (Å²) in [7, 11) is 0. The van der Waals surface area contributed by atoms with Crippen molar-refractivity contribution in [1.29, 1.82) is 5.26 Å². The number of hydrogen-bond donors (Lipinski definition) is 0. The van der Waals surface area contributed by atoms with E-state index in [1.165, 1.54) is 32.7 Å². The van der Waals surface area contributed by atoms with Gasteiger partial charge in [-0.2, -0.15) is 5.26 Å². The zero-order valence-corrected chi connectivity index (χ0v) is 23.3. The summed E-state index contributed by atoms with van der Waals surface area (Å²) in [6, 6.07) is 55.1. The Kier molecular flexibility index (Phi) is 5.84. The average Bonchev–Trinajstić information content (AvgIpc) is 3.47. The molecule has 0 N–H and O–H groups in total. The molecule has 43 heavy (non-hydrogen) atoms. The van der Waals surface area contributed by atoms with Gasteiger partial charge in [0.05, 0.1) is 22.7 Å². The third kappa shape index (κ3) is 4.34. The Bertz CT molecular complexity index is 2340. The van der Waals surface area contributed by atoms with Gasteiger partial charge in [-0.25, -0.2) is 4.98 Å². The molecule has 0 spiro atoms. The summed E-state index contributed by atoms with van der Waals surface area (Å²) >= 11 is 0. The van der Waals surface area contributed by atoms with E-state index in [0.717, 1.165) is 39.2 Å². The fourth-order valence-corrected chi connectivity index (χ4v) is 6.03. The SMILES string of the molecule is N#Cc1ccc(-c2ccc3cc(-c4ccc5cccc(-c6nc7ccccc7n6-c6ccccc6)c5c4)ccc3c2)cc1. The molecule has 0 aliphatic heterocycles. The van der Waals surface area contributed by atoms with Crippen LogP contribution in [0.1, 0.15) is 5.56 Å². The molecular formula is C40H25N3. The van der Waals surface area contributed by atoms with Gasteiger partial charge < -0.3 is 0 Å². The fraction of sp³-hybridized carbons (Fsp3) is 0. The van der Waals surface area contributed by atoms with Crippen LogP contribution in [0.5, 0.6) is 0 Å². The summed E-state index contributed by atoms with van der Waals surface area (Å²) in [6.07, 6.45) is 0. The molecule has 8 aromatic rings. The first kappa shape index (κ1) is 24.8. The lowest BCUT2D eigenvalue weighted by molar-refractivity contribution is 1.11. The van der Waals surface area contributed by atoms with Gasteiger partial charge in [0.2, 0.25) is 0 Å². The molecule has 0 aliphatic rings. The van der Waals surface area contributed by atoms with Gasteiger partial charge in [-0.3, -0.25) is 4.57 Å². The van der Waals surface area contributed by atoms with Crippen molar-refractivity contribution >= 4 is 32.6 Å². The zero-order chi connectivity index (χ0) is 28.8. The van der Waals surface area contributed by atoms with Crippen molar-refractivity contribution in [1.82, 2.24) is 9.55 Å². The lowest BCUT2D eigenvalue weighted by Crippen LogP contribution is -1.98. The van der Waals surface area contributed by atoms with Crippen LogP contribution in [0.4, 0.5) is 0 Å². The molecule has 0 radical (unpaired) electrons. The summed E-state index contributed by atoms with van der Waals surface area (Å²) in [5.74, 6) is 0.934. The zero-order valence-electron chi connectivity index (χ0n) is 23.3. The molecule has 0 aliphatic carbocycles. The first-order chi connectivity index (χ1) is 21.2. The molecule has 0 fully saturated rings. The number of rotatable bonds is 4. The molecule has 7 aromatic carbocycles. The van der Waals surface area contributed by atoms with Gasteiger partial charge >= 0.3 is 0 Å². The Hall–Kier alpha value is -5.98. The number of nitriles is 1. The van der Waals surface area contributed by atoms with Gasteiger partial charge in [-0.05, 0) is 98.4 Å². The molecule has 0 bridgehead atoms. The Balaban J connectivity index is 1.24. The Morgan fingerprint density at radius 1 is 0.512 bits per heavy atom. The highest BCUT2D eigenvalue weighted by atomic mass is 15.1. The van der Waals surface area contributed by atoms with Crippen molar-refractivity contribution in [3.05, 3.63) is 157 Å². The molecule has 1 heterocycles. The van der Waals surface area contributed by atoms with Crippen molar-refractivity contribution in [3.8, 4) is 45.4 Å². The van der Waals surface area contributed by atoms with Crippen LogP contribution in [0.15, 0.2) is 152 Å². The highest BCUT2D eigenvalue weighted by molar-refractivity contribution is 6.00. The van der Waals surface area contributed by atoms with E-state index in [-0.39, 0.29) is 0 Å². The topological polar surface area (TPSA) is 41.6 Å². The first-order valence-corrected chi connectivity index (χ1v) is 14.4. The van der Waals surface area contributed by atoms with E-state index >= 15 is 0 Å². The third-order valence-electron chi connectivity index (χ3n) is 8.22. The number of nitrogens with zero attached hydrogens (tertiary/aromatic N) is 3. The molecule has 200 valence electrons. The van der Waals surface area contributed by atoms with Gasteiger partial charge in [0.1, 0.15) is 5.82 Å². The highest BCUT2D eigenvalue weighted by Crippen LogP contribution is 2.36.